The van der Waals surface area contributed by atoms with Crippen LogP contribution < -0.4 is 16.0 Å². The molecule has 1 aliphatic heterocycles. The van der Waals surface area contributed by atoms with Gasteiger partial charge in [0.1, 0.15) is 12.1 Å². The van der Waals surface area contributed by atoms with Crippen LogP contribution in [0.5, 0.6) is 0 Å². The third-order valence-corrected chi connectivity index (χ3v) is 5.83. The number of hydrogen-bond acceptors (Lipinski definition) is 5. The quantitative estimate of drug-likeness (QED) is 0.267. The fourth-order valence-corrected chi connectivity index (χ4v) is 3.61. The molecule has 37 heavy (non-hydrogen) atoms. The Morgan fingerprint density at radius 3 is 2.00 bits per heavy atom. The molecule has 0 unspecified atom stereocenters. The highest BCUT2D eigenvalue weighted by Gasteiger charge is 2.27. The monoisotopic (exact) mass is 520 g/mol. The first-order valence-corrected chi connectivity index (χ1v) is 13.2. The molecule has 1 aliphatic rings. The second-order valence-corrected chi connectivity index (χ2v) is 9.03. The molecule has 0 aliphatic carbocycles. The third-order valence-electron chi connectivity index (χ3n) is 5.83. The van der Waals surface area contributed by atoms with Crippen molar-refractivity contribution < 1.29 is 28.3 Å². The molecule has 1 heterocycles. The lowest BCUT2D eigenvalue weighted by atomic mass is 10.0. The van der Waals surface area contributed by atoms with Crippen LogP contribution in [0.1, 0.15) is 77.1 Å². The van der Waals surface area contributed by atoms with E-state index in [1.165, 1.54) is 17.1 Å². The molecule has 0 spiro atoms. The van der Waals surface area contributed by atoms with Gasteiger partial charge in [0, 0.05) is 35.1 Å². The van der Waals surface area contributed by atoms with Crippen molar-refractivity contribution in [2.45, 2.75) is 85.7 Å². The predicted octanol–water partition coefficient (Wildman–Crippen LogP) is 4.08. The highest BCUT2D eigenvalue weighted by Crippen LogP contribution is 2.11. The average molecular weight is 521 g/mol. The van der Waals surface area contributed by atoms with Crippen LogP contribution in [-0.4, -0.2) is 53.1 Å². The zero-order valence-corrected chi connectivity index (χ0v) is 22.9. The topological polar surface area (TPSA) is 125 Å². The van der Waals surface area contributed by atoms with Gasteiger partial charge in [0.15, 0.2) is 0 Å². The van der Waals surface area contributed by atoms with E-state index in [9.17, 15) is 24.0 Å². The van der Waals surface area contributed by atoms with E-state index in [2.05, 4.69) is 22.9 Å². The Labute approximate surface area is 224 Å². The van der Waals surface area contributed by atoms with Crippen molar-refractivity contribution in [1.29, 1.82) is 0 Å². The Kier molecular flexibility index (Phi) is 13.9. The highest BCUT2D eigenvalue weighted by molar-refractivity contribution is 6.12. The number of aryl methyl sites for hydroxylation is 1. The summed E-state index contributed by atoms with van der Waals surface area (Å²) >= 11 is 0. The molecule has 0 fully saturated rings. The highest BCUT2D eigenvalue weighted by atomic mass is 16.2. The molecular weight excluding hydrogens is 472 g/mol. The number of amides is 5. The third kappa shape index (κ3) is 10.6. The minimum Gasteiger partial charge on any atom is -0.344 e. The number of unbranched alkanes of at least 4 members (excludes halogenated alkanes) is 2. The number of nitrogens with zero attached hydrogens (tertiary/aromatic N) is 1. The Balaban J connectivity index is -0.00000267. The van der Waals surface area contributed by atoms with E-state index >= 15 is 0 Å². The van der Waals surface area contributed by atoms with Crippen LogP contribution in [0, 0.1) is 5.92 Å². The largest absolute Gasteiger partial charge is 0.344 e. The molecule has 1 aromatic rings. The van der Waals surface area contributed by atoms with Gasteiger partial charge in [-0.1, -0.05) is 53.2 Å². The Bertz CT molecular complexity index is 953. The van der Waals surface area contributed by atoms with Gasteiger partial charge in [-0.15, -0.1) is 0 Å². The number of imide groups is 1. The lowest BCUT2D eigenvalue weighted by molar-refractivity contribution is -0.137. The Morgan fingerprint density at radius 2 is 1.46 bits per heavy atom. The summed E-state index contributed by atoms with van der Waals surface area (Å²) in [5, 5.41) is 8.22. The lowest BCUT2D eigenvalue weighted by Gasteiger charge is -2.24. The second-order valence-electron chi connectivity index (χ2n) is 9.03. The maximum absolute atomic E-state index is 12.8. The molecule has 9 nitrogen and oxygen atoms in total. The fraction of sp³-hybridized carbons (Fsp3) is 0.536. The summed E-state index contributed by atoms with van der Waals surface area (Å²) < 4.78 is 0. The molecule has 1 aromatic carbocycles. The van der Waals surface area contributed by atoms with Crippen molar-refractivity contribution in [2.75, 3.05) is 11.9 Å². The maximum atomic E-state index is 12.8. The predicted molar refractivity (Wildman–Crippen MR) is 151 cm³/mol. The van der Waals surface area contributed by atoms with Gasteiger partial charge in [-0.3, -0.25) is 28.9 Å². The van der Waals surface area contributed by atoms with Crippen LogP contribution in [0.25, 0.3) is 0 Å². The van der Waals surface area contributed by atoms with Gasteiger partial charge in [-0.25, -0.2) is 0 Å². The van der Waals surface area contributed by atoms with E-state index in [-0.39, 0.29) is 40.2 Å². The average Bonchev–Trinajstić information content (AvgIpc) is 3.20. The number of nitrogens with one attached hydrogen (secondary N) is 3. The van der Waals surface area contributed by atoms with Gasteiger partial charge in [-0.2, -0.15) is 0 Å². The summed E-state index contributed by atoms with van der Waals surface area (Å²) in [5.74, 6) is -1.82. The van der Waals surface area contributed by atoms with Crippen molar-refractivity contribution >= 4 is 35.2 Å². The standard InChI is InChI=1S/C26H36N4O5.C2H6.3H2/c1-5-19-10-12-20(13-11-19)28-25(34)18(4)27-26(35)24(17(2)3)29-21(31)9-7-6-8-16-30-22(32)14-15-23(30)33;1-2;;;/h10-15,17-18,24H,5-9,16H2,1-4H3,(H,27,35)(H,28,34)(H,29,31);1-2H3;3*1H/t18-,24-;;;;/m0..../s1. The fourth-order valence-electron chi connectivity index (χ4n) is 3.61. The van der Waals surface area contributed by atoms with Crippen molar-refractivity contribution in [1.82, 2.24) is 15.5 Å². The summed E-state index contributed by atoms with van der Waals surface area (Å²) in [4.78, 5) is 61.9. The minimum absolute atomic E-state index is 0. The number of hydrogen-bond donors (Lipinski definition) is 3. The van der Waals surface area contributed by atoms with Crippen LogP contribution in [0.15, 0.2) is 36.4 Å². The first-order valence-electron chi connectivity index (χ1n) is 13.2. The zero-order chi connectivity index (χ0) is 28.0. The van der Waals surface area contributed by atoms with Crippen LogP contribution >= 0.6 is 0 Å². The Hall–Kier alpha value is -3.49. The van der Waals surface area contributed by atoms with Gasteiger partial charge in [0.25, 0.3) is 11.8 Å². The summed E-state index contributed by atoms with van der Waals surface area (Å²) in [6.45, 7) is 11.6. The van der Waals surface area contributed by atoms with E-state index in [1.807, 2.05) is 52.0 Å². The maximum Gasteiger partial charge on any atom is 0.253 e. The molecule has 0 saturated heterocycles. The minimum atomic E-state index is -0.781. The van der Waals surface area contributed by atoms with Crippen molar-refractivity contribution in [2.24, 2.45) is 5.92 Å². The van der Waals surface area contributed by atoms with Gasteiger partial charge in [-0.05, 0) is 49.8 Å². The van der Waals surface area contributed by atoms with E-state index in [1.54, 1.807) is 6.92 Å². The number of carbonyl (C=O) groups is 5. The van der Waals surface area contributed by atoms with E-state index in [0.29, 0.717) is 31.5 Å². The summed E-state index contributed by atoms with van der Waals surface area (Å²) in [7, 11) is 0. The molecule has 3 N–H and O–H groups in total. The molecule has 0 bridgehead atoms. The van der Waals surface area contributed by atoms with Crippen molar-refractivity contribution in [3.8, 4) is 0 Å². The number of carbonyl (C=O) groups excluding carboxylic acids is 5. The number of anilines is 1. The molecule has 5 amide bonds. The molecule has 0 aromatic heterocycles. The first-order chi connectivity index (χ1) is 17.6. The smallest absolute Gasteiger partial charge is 0.253 e. The second kappa shape index (κ2) is 16.3. The molecule has 0 radical (unpaired) electrons. The van der Waals surface area contributed by atoms with Gasteiger partial charge < -0.3 is 16.0 Å². The molecule has 210 valence electrons. The molecular formula is C28H48N4O5. The van der Waals surface area contributed by atoms with Gasteiger partial charge in [0.2, 0.25) is 17.7 Å². The zero-order valence-electron chi connectivity index (χ0n) is 22.9. The van der Waals surface area contributed by atoms with Crippen LogP contribution in [0.4, 0.5) is 5.69 Å². The van der Waals surface area contributed by atoms with E-state index in [4.69, 9.17) is 0 Å². The number of rotatable bonds is 13. The van der Waals surface area contributed by atoms with Crippen LogP contribution in [0.2, 0.25) is 0 Å². The van der Waals surface area contributed by atoms with Crippen LogP contribution in [0.3, 0.4) is 0 Å². The first kappa shape index (κ1) is 31.5. The number of benzene rings is 1. The van der Waals surface area contributed by atoms with E-state index < -0.39 is 18.0 Å². The van der Waals surface area contributed by atoms with E-state index in [0.717, 1.165) is 12.0 Å². The molecule has 0 saturated carbocycles. The summed E-state index contributed by atoms with van der Waals surface area (Å²) in [6, 6.07) is 5.96. The SMILES string of the molecule is CC.CCc1ccc(NC(=O)[C@H](C)NC(=O)[C@@H](NC(=O)CCCCCN2C(=O)C=CC2=O)C(C)C)cc1.[HH].[HH].[HH]. The molecule has 2 rings (SSSR count). The van der Waals surface area contributed by atoms with Gasteiger partial charge >= 0.3 is 0 Å². The van der Waals surface area contributed by atoms with Crippen molar-refractivity contribution in [3.63, 3.8) is 0 Å². The summed E-state index contributed by atoms with van der Waals surface area (Å²) in [5.41, 5.74) is 1.81. The lowest BCUT2D eigenvalue weighted by Crippen LogP contribution is -2.53. The molecule has 9 heteroatoms. The molecule has 2 atom stereocenters. The van der Waals surface area contributed by atoms with Crippen molar-refractivity contribution in [3.05, 3.63) is 42.0 Å². The van der Waals surface area contributed by atoms with Gasteiger partial charge in [0.05, 0.1) is 0 Å². The Morgan fingerprint density at radius 1 is 0.865 bits per heavy atom. The normalized spacial score (nSPS) is 14.1. The summed E-state index contributed by atoms with van der Waals surface area (Å²) in [6.07, 6.45) is 5.47. The van der Waals surface area contributed by atoms with Crippen LogP contribution in [-0.2, 0) is 30.4 Å².